The van der Waals surface area contributed by atoms with Gasteiger partial charge in [0.1, 0.15) is 13.6 Å². The summed E-state index contributed by atoms with van der Waals surface area (Å²) in [5.74, 6) is 0. The highest BCUT2D eigenvalue weighted by atomic mass is 31.0. The summed E-state index contributed by atoms with van der Waals surface area (Å²) < 4.78 is 0. The molecule has 1 atom stereocenters. The molecule has 0 aliphatic heterocycles. The molecule has 0 N–H and O–H groups in total. The Morgan fingerprint density at radius 2 is 1.38 bits per heavy atom. The standard InChI is InChI=1S/C7H7OP.2CH2O/c8-7(9)6-4-2-1-3-5-6;2*1-2/h1-5H,9H2;2*1H2. The molecular weight excluding hydrogens is 187 g/mol. The first-order valence-corrected chi connectivity index (χ1v) is 3.81. The molecule has 0 amide bonds. The monoisotopic (exact) mass is 198 g/mol. The first kappa shape index (κ1) is 14.2. The highest BCUT2D eigenvalue weighted by molar-refractivity contribution is 7.41. The highest BCUT2D eigenvalue weighted by Gasteiger charge is 1.92. The second-order valence-electron chi connectivity index (χ2n) is 1.73. The molecule has 0 spiro atoms. The van der Waals surface area contributed by atoms with Gasteiger partial charge in [0.15, 0.2) is 5.52 Å². The molecule has 70 valence electrons. The van der Waals surface area contributed by atoms with Crippen molar-refractivity contribution in [2.45, 2.75) is 0 Å². The Morgan fingerprint density at radius 1 is 1.00 bits per heavy atom. The molecule has 0 fully saturated rings. The lowest BCUT2D eigenvalue weighted by molar-refractivity contribution is -0.0987. The molecular formula is C9H11O3P. The lowest BCUT2D eigenvalue weighted by Crippen LogP contribution is -1.83. The van der Waals surface area contributed by atoms with Crippen molar-refractivity contribution in [3.63, 3.8) is 0 Å². The molecule has 0 aliphatic rings. The molecule has 1 unspecified atom stereocenters. The Kier molecular flexibility index (Phi) is 11.6. The van der Waals surface area contributed by atoms with Crippen LogP contribution in [0.25, 0.3) is 0 Å². The first-order valence-electron chi connectivity index (χ1n) is 3.23. The molecule has 13 heavy (non-hydrogen) atoms. The third-order valence-electron chi connectivity index (χ3n) is 1.06. The van der Waals surface area contributed by atoms with Gasteiger partial charge in [-0.1, -0.05) is 39.6 Å². The minimum Gasteiger partial charge on any atom is -0.307 e. The van der Waals surface area contributed by atoms with Gasteiger partial charge in [-0.15, -0.1) is 0 Å². The summed E-state index contributed by atoms with van der Waals surface area (Å²) in [6.45, 7) is 4.00. The summed E-state index contributed by atoms with van der Waals surface area (Å²) in [4.78, 5) is 26.6. The van der Waals surface area contributed by atoms with Gasteiger partial charge in [0.25, 0.3) is 0 Å². The Balaban J connectivity index is 0. The summed E-state index contributed by atoms with van der Waals surface area (Å²) in [6.07, 6.45) is 0. The molecule has 4 heteroatoms. The third-order valence-corrected chi connectivity index (χ3v) is 1.39. The van der Waals surface area contributed by atoms with E-state index in [4.69, 9.17) is 9.59 Å². The van der Waals surface area contributed by atoms with Gasteiger partial charge >= 0.3 is 0 Å². The van der Waals surface area contributed by atoms with Gasteiger partial charge in [0, 0.05) is 5.56 Å². The van der Waals surface area contributed by atoms with Crippen molar-refractivity contribution in [3.8, 4) is 0 Å². The van der Waals surface area contributed by atoms with Crippen molar-refractivity contribution in [2.75, 3.05) is 0 Å². The zero-order chi connectivity index (χ0) is 10.7. The van der Waals surface area contributed by atoms with Crippen LogP contribution in [-0.2, 0) is 9.59 Å². The molecule has 0 saturated heterocycles. The van der Waals surface area contributed by atoms with Crippen LogP contribution in [0, 0.1) is 0 Å². The second kappa shape index (κ2) is 10.7. The van der Waals surface area contributed by atoms with E-state index in [2.05, 4.69) is 9.24 Å². The predicted molar refractivity (Wildman–Crippen MR) is 54.7 cm³/mol. The Hall–Kier alpha value is -1.34. The summed E-state index contributed by atoms with van der Waals surface area (Å²) >= 11 is 0. The first-order chi connectivity index (χ1) is 6.30. The topological polar surface area (TPSA) is 51.2 Å². The normalized spacial score (nSPS) is 6.85. The van der Waals surface area contributed by atoms with Crippen molar-refractivity contribution < 1.29 is 14.4 Å². The molecule has 1 rings (SSSR count). The molecule has 0 aliphatic carbocycles. The maximum Gasteiger partial charge on any atom is 0.178 e. The molecule has 1 aromatic carbocycles. The summed E-state index contributed by atoms with van der Waals surface area (Å²) in [5.41, 5.74) is 0.776. The smallest absolute Gasteiger partial charge is 0.178 e. The van der Waals surface area contributed by atoms with Gasteiger partial charge in [0.2, 0.25) is 0 Å². The fourth-order valence-corrected chi connectivity index (χ4v) is 0.795. The number of hydrogen-bond donors (Lipinski definition) is 0. The SMILES string of the molecule is C=O.C=O.O=C(P)c1ccccc1. The summed E-state index contributed by atoms with van der Waals surface area (Å²) in [6, 6.07) is 9.15. The molecule has 0 radical (unpaired) electrons. The number of carbonyl (C=O) groups excluding carboxylic acids is 3. The van der Waals surface area contributed by atoms with E-state index >= 15 is 0 Å². The molecule has 1 aromatic rings. The van der Waals surface area contributed by atoms with E-state index in [1.807, 2.05) is 31.8 Å². The van der Waals surface area contributed by atoms with E-state index in [-0.39, 0.29) is 5.52 Å². The van der Waals surface area contributed by atoms with Gasteiger partial charge in [0.05, 0.1) is 0 Å². The van der Waals surface area contributed by atoms with E-state index in [1.165, 1.54) is 0 Å². The van der Waals surface area contributed by atoms with Gasteiger partial charge in [-0.25, -0.2) is 0 Å². The highest BCUT2D eigenvalue weighted by Crippen LogP contribution is 2.03. The Bertz CT molecular complexity index is 234. The van der Waals surface area contributed by atoms with Crippen LogP contribution in [0.15, 0.2) is 30.3 Å². The minimum atomic E-state index is 0.0376. The van der Waals surface area contributed by atoms with E-state index < -0.39 is 0 Å². The predicted octanol–water partition coefficient (Wildman–Crippen LogP) is 1.33. The van der Waals surface area contributed by atoms with Crippen LogP contribution in [0.5, 0.6) is 0 Å². The maximum absolute atomic E-state index is 10.6. The van der Waals surface area contributed by atoms with Gasteiger partial charge in [-0.2, -0.15) is 0 Å². The van der Waals surface area contributed by atoms with Gasteiger partial charge < -0.3 is 9.59 Å². The van der Waals surface area contributed by atoms with Crippen LogP contribution in [0.1, 0.15) is 10.4 Å². The fraction of sp³-hybridized carbons (Fsp3) is 0. The number of benzene rings is 1. The van der Waals surface area contributed by atoms with Crippen molar-refractivity contribution in [1.82, 2.24) is 0 Å². The fourth-order valence-electron chi connectivity index (χ4n) is 0.602. The zero-order valence-corrected chi connectivity index (χ0v) is 8.26. The quantitative estimate of drug-likeness (QED) is 0.639. The molecule has 3 nitrogen and oxygen atoms in total. The minimum absolute atomic E-state index is 0.0376. The molecule has 0 heterocycles. The van der Waals surface area contributed by atoms with Gasteiger partial charge in [-0.05, 0) is 0 Å². The van der Waals surface area contributed by atoms with Crippen molar-refractivity contribution in [3.05, 3.63) is 35.9 Å². The van der Waals surface area contributed by atoms with E-state index in [1.54, 1.807) is 12.1 Å². The number of carbonyl (C=O) groups is 3. The Morgan fingerprint density at radius 3 is 1.62 bits per heavy atom. The molecule has 0 saturated carbocycles. The van der Waals surface area contributed by atoms with Crippen LogP contribution < -0.4 is 0 Å². The average molecular weight is 198 g/mol. The van der Waals surface area contributed by atoms with E-state index in [0.29, 0.717) is 0 Å². The largest absolute Gasteiger partial charge is 0.307 e. The molecule has 0 aromatic heterocycles. The lowest BCUT2D eigenvalue weighted by atomic mass is 10.2. The van der Waals surface area contributed by atoms with E-state index in [9.17, 15) is 4.79 Å². The van der Waals surface area contributed by atoms with Crippen LogP contribution in [0.4, 0.5) is 0 Å². The second-order valence-corrected chi connectivity index (χ2v) is 2.25. The summed E-state index contributed by atoms with van der Waals surface area (Å²) in [5, 5.41) is 0. The average Bonchev–Trinajstić information content (AvgIpc) is 2.25. The van der Waals surface area contributed by atoms with Crippen LogP contribution in [-0.4, -0.2) is 19.1 Å². The third kappa shape index (κ3) is 7.04. The van der Waals surface area contributed by atoms with Gasteiger partial charge in [-0.3, -0.25) is 4.79 Å². The zero-order valence-electron chi connectivity index (χ0n) is 7.10. The number of rotatable bonds is 1. The van der Waals surface area contributed by atoms with Crippen molar-refractivity contribution >= 4 is 28.3 Å². The molecule has 0 bridgehead atoms. The van der Waals surface area contributed by atoms with E-state index in [0.717, 1.165) is 5.56 Å². The summed E-state index contributed by atoms with van der Waals surface area (Å²) in [7, 11) is 2.13. The maximum atomic E-state index is 10.6. The van der Waals surface area contributed by atoms with Crippen LogP contribution >= 0.6 is 9.24 Å². The Labute approximate surface area is 79.4 Å². The van der Waals surface area contributed by atoms with Crippen LogP contribution in [0.3, 0.4) is 0 Å². The van der Waals surface area contributed by atoms with Crippen molar-refractivity contribution in [2.24, 2.45) is 0 Å². The number of hydrogen-bond acceptors (Lipinski definition) is 3. The lowest BCUT2D eigenvalue weighted by Gasteiger charge is -1.89. The van der Waals surface area contributed by atoms with Crippen LogP contribution in [0.2, 0.25) is 0 Å². The van der Waals surface area contributed by atoms with Crippen molar-refractivity contribution in [1.29, 1.82) is 0 Å².